The molecule has 1 amide bonds. The van der Waals surface area contributed by atoms with Crippen molar-refractivity contribution in [3.63, 3.8) is 0 Å². The average molecular weight is 455 g/mol. The number of esters is 1. The summed E-state index contributed by atoms with van der Waals surface area (Å²) in [6, 6.07) is 17.7. The normalized spacial score (nSPS) is 12.2. The maximum atomic E-state index is 12.9. The molecule has 29 heavy (non-hydrogen) atoms. The van der Waals surface area contributed by atoms with Crippen molar-refractivity contribution in [3.05, 3.63) is 84.1 Å². The molecule has 0 bridgehead atoms. The van der Waals surface area contributed by atoms with Gasteiger partial charge in [0.05, 0.1) is 18.5 Å². The number of hydrogen-bond acceptors (Lipinski definition) is 3. The first-order valence-corrected chi connectivity index (χ1v) is 10.5. The number of carbonyl (C=O) groups is 2. The molecule has 0 saturated heterocycles. The lowest BCUT2D eigenvalue weighted by molar-refractivity contribution is -0.134. The number of hydrogen-bond donors (Lipinski definition) is 1. The summed E-state index contributed by atoms with van der Waals surface area (Å²) in [7, 11) is 1.35. The van der Waals surface area contributed by atoms with Crippen LogP contribution >= 0.6 is 15.9 Å². The number of halogens is 1. The summed E-state index contributed by atoms with van der Waals surface area (Å²) in [6.07, 6.45) is 5.60. The fourth-order valence-electron chi connectivity index (χ4n) is 3.38. The van der Waals surface area contributed by atoms with Gasteiger partial charge in [-0.3, -0.25) is 4.79 Å². The third-order valence-electron chi connectivity index (χ3n) is 4.80. The summed E-state index contributed by atoms with van der Waals surface area (Å²) in [4.78, 5) is 29.6. The van der Waals surface area contributed by atoms with E-state index in [1.165, 1.54) is 13.2 Å². The van der Waals surface area contributed by atoms with E-state index in [-0.39, 0.29) is 17.3 Å². The van der Waals surface area contributed by atoms with E-state index in [2.05, 4.69) is 20.9 Å². The monoisotopic (exact) mass is 454 g/mol. The Morgan fingerprint density at radius 1 is 1.14 bits per heavy atom. The zero-order valence-corrected chi connectivity index (χ0v) is 17.8. The molecule has 6 heteroatoms. The van der Waals surface area contributed by atoms with Crippen LogP contribution in [-0.4, -0.2) is 34.2 Å². The molecule has 1 heterocycles. The minimum absolute atomic E-state index is 0.0180. The van der Waals surface area contributed by atoms with E-state index < -0.39 is 5.97 Å². The van der Waals surface area contributed by atoms with Gasteiger partial charge < -0.3 is 14.6 Å². The SMILES string of the molecule is COC(=O)/C=C/CC(c1c[nH]c2ccccc12)N(Cc1ccccc1)C(=O)CBr. The lowest BCUT2D eigenvalue weighted by Gasteiger charge is -2.31. The predicted molar refractivity (Wildman–Crippen MR) is 118 cm³/mol. The first-order valence-electron chi connectivity index (χ1n) is 9.34. The number of nitrogens with one attached hydrogen (secondary N) is 1. The largest absolute Gasteiger partial charge is 0.466 e. The molecule has 0 fully saturated rings. The lowest BCUT2D eigenvalue weighted by atomic mass is 9.99. The predicted octanol–water partition coefficient (Wildman–Crippen LogP) is 4.75. The van der Waals surface area contributed by atoms with Gasteiger partial charge in [-0.25, -0.2) is 4.79 Å². The van der Waals surface area contributed by atoms with E-state index in [0.717, 1.165) is 22.0 Å². The molecule has 5 nitrogen and oxygen atoms in total. The first-order chi connectivity index (χ1) is 14.1. The Hall–Kier alpha value is -2.86. The summed E-state index contributed by atoms with van der Waals surface area (Å²) >= 11 is 3.32. The van der Waals surface area contributed by atoms with Crippen LogP contribution in [0.4, 0.5) is 0 Å². The van der Waals surface area contributed by atoms with Gasteiger partial charge in [-0.1, -0.05) is 70.5 Å². The maximum Gasteiger partial charge on any atom is 0.330 e. The van der Waals surface area contributed by atoms with Crippen LogP contribution in [-0.2, 0) is 20.9 Å². The standard InChI is InChI=1S/C23H23BrN2O3/c1-29-23(28)13-7-12-21(19-15-25-20-11-6-5-10-18(19)20)26(22(27)14-24)16-17-8-3-2-4-9-17/h2-11,13,15,21,25H,12,14,16H2,1H3/b13-7+. The molecule has 0 aliphatic carbocycles. The molecule has 0 spiro atoms. The smallest absolute Gasteiger partial charge is 0.330 e. The molecule has 1 atom stereocenters. The second-order valence-corrected chi connectivity index (χ2v) is 7.17. The first kappa shape index (κ1) is 20.9. The van der Waals surface area contributed by atoms with Crippen LogP contribution in [0, 0.1) is 0 Å². The van der Waals surface area contributed by atoms with Crippen molar-refractivity contribution in [2.45, 2.75) is 19.0 Å². The number of para-hydroxylation sites is 1. The number of rotatable bonds is 8. The Balaban J connectivity index is 2.01. The highest BCUT2D eigenvalue weighted by Crippen LogP contribution is 2.32. The Bertz CT molecular complexity index is 998. The molecule has 3 aromatic rings. The van der Waals surface area contributed by atoms with E-state index in [9.17, 15) is 9.59 Å². The number of fused-ring (bicyclic) bond motifs is 1. The van der Waals surface area contributed by atoms with Gasteiger partial charge >= 0.3 is 5.97 Å². The number of amides is 1. The summed E-state index contributed by atoms with van der Waals surface area (Å²) in [6.45, 7) is 0.474. The van der Waals surface area contributed by atoms with Gasteiger partial charge in [0, 0.05) is 35.3 Å². The average Bonchev–Trinajstić information content (AvgIpc) is 3.19. The van der Waals surface area contributed by atoms with Crippen LogP contribution in [0.2, 0.25) is 0 Å². The van der Waals surface area contributed by atoms with E-state index in [1.807, 2.05) is 65.7 Å². The topological polar surface area (TPSA) is 62.4 Å². The van der Waals surface area contributed by atoms with Crippen molar-refractivity contribution in [1.82, 2.24) is 9.88 Å². The van der Waals surface area contributed by atoms with E-state index in [1.54, 1.807) is 6.08 Å². The number of carbonyl (C=O) groups excluding carboxylic acids is 2. The Kier molecular flexibility index (Phi) is 7.25. The molecule has 0 saturated carbocycles. The molecule has 150 valence electrons. The highest BCUT2D eigenvalue weighted by atomic mass is 79.9. The number of ether oxygens (including phenoxy) is 1. The second kappa shape index (κ2) is 10.1. The van der Waals surface area contributed by atoms with Crippen molar-refractivity contribution >= 4 is 38.7 Å². The van der Waals surface area contributed by atoms with Gasteiger partial charge in [0.2, 0.25) is 5.91 Å². The van der Waals surface area contributed by atoms with Gasteiger partial charge in [-0.15, -0.1) is 0 Å². The molecule has 3 rings (SSSR count). The highest BCUT2D eigenvalue weighted by molar-refractivity contribution is 9.09. The number of alkyl halides is 1. The number of benzene rings is 2. The third kappa shape index (κ3) is 5.15. The fourth-order valence-corrected chi connectivity index (χ4v) is 3.70. The summed E-state index contributed by atoms with van der Waals surface area (Å²) < 4.78 is 4.70. The van der Waals surface area contributed by atoms with Crippen molar-refractivity contribution in [1.29, 1.82) is 0 Å². The van der Waals surface area contributed by atoms with Crippen molar-refractivity contribution in [2.24, 2.45) is 0 Å². The molecule has 1 aromatic heterocycles. The fraction of sp³-hybridized carbons (Fsp3) is 0.217. The molecular formula is C23H23BrN2O3. The number of methoxy groups -OCH3 is 1. The summed E-state index contributed by atoms with van der Waals surface area (Å²) in [5.41, 5.74) is 3.07. The van der Waals surface area contributed by atoms with Crippen molar-refractivity contribution in [2.75, 3.05) is 12.4 Å². The Labute approximate surface area is 178 Å². The number of nitrogens with zero attached hydrogens (tertiary/aromatic N) is 1. The van der Waals surface area contributed by atoms with Crippen LogP contribution in [0.3, 0.4) is 0 Å². The number of aromatic nitrogens is 1. The molecule has 0 aliphatic rings. The highest BCUT2D eigenvalue weighted by Gasteiger charge is 2.26. The van der Waals surface area contributed by atoms with Crippen LogP contribution in [0.1, 0.15) is 23.6 Å². The zero-order valence-electron chi connectivity index (χ0n) is 16.2. The quantitative estimate of drug-likeness (QED) is 0.303. The minimum atomic E-state index is -0.413. The molecule has 2 aromatic carbocycles. The maximum absolute atomic E-state index is 12.9. The Morgan fingerprint density at radius 2 is 1.86 bits per heavy atom. The number of aromatic amines is 1. The molecular weight excluding hydrogens is 432 g/mol. The van der Waals surface area contributed by atoms with Crippen LogP contribution in [0.25, 0.3) is 10.9 Å². The van der Waals surface area contributed by atoms with Crippen molar-refractivity contribution in [3.8, 4) is 0 Å². The van der Waals surface area contributed by atoms with E-state index in [4.69, 9.17) is 4.74 Å². The molecule has 1 unspecified atom stereocenters. The number of H-pyrrole nitrogens is 1. The second-order valence-electron chi connectivity index (χ2n) is 6.61. The van der Waals surface area contributed by atoms with E-state index in [0.29, 0.717) is 13.0 Å². The van der Waals surface area contributed by atoms with Crippen molar-refractivity contribution < 1.29 is 14.3 Å². The van der Waals surface area contributed by atoms with Gasteiger partial charge in [0.15, 0.2) is 0 Å². The third-order valence-corrected chi connectivity index (χ3v) is 5.28. The van der Waals surface area contributed by atoms with Gasteiger partial charge in [-0.2, -0.15) is 0 Å². The van der Waals surface area contributed by atoms with Crippen LogP contribution in [0.15, 0.2) is 72.9 Å². The van der Waals surface area contributed by atoms with Crippen LogP contribution < -0.4 is 0 Å². The minimum Gasteiger partial charge on any atom is -0.466 e. The molecule has 0 radical (unpaired) electrons. The molecule has 0 aliphatic heterocycles. The van der Waals surface area contributed by atoms with Crippen LogP contribution in [0.5, 0.6) is 0 Å². The lowest BCUT2D eigenvalue weighted by Crippen LogP contribution is -2.35. The summed E-state index contributed by atoms with van der Waals surface area (Å²) in [5.74, 6) is -0.431. The zero-order chi connectivity index (χ0) is 20.6. The molecule has 1 N–H and O–H groups in total. The summed E-state index contributed by atoms with van der Waals surface area (Å²) in [5, 5.41) is 1.28. The van der Waals surface area contributed by atoms with Gasteiger partial charge in [0.25, 0.3) is 0 Å². The Morgan fingerprint density at radius 3 is 2.59 bits per heavy atom. The van der Waals surface area contributed by atoms with E-state index >= 15 is 0 Å². The van der Waals surface area contributed by atoms with Gasteiger partial charge in [-0.05, 0) is 18.1 Å². The van der Waals surface area contributed by atoms with Gasteiger partial charge in [0.1, 0.15) is 0 Å².